The van der Waals surface area contributed by atoms with Gasteiger partial charge in [0.15, 0.2) is 0 Å². The monoisotopic (exact) mass is 314 g/mol. The maximum atomic E-state index is 12.4. The lowest BCUT2D eigenvalue weighted by atomic mass is 10.1. The predicted octanol–water partition coefficient (Wildman–Crippen LogP) is 2.27. The summed E-state index contributed by atoms with van der Waals surface area (Å²) < 4.78 is 27.6. The standard InChI is InChI=1S/C14H22N2O2S2/c1-10(15)11-6-8-12(9-7-11)20(17,18)16-13-4-3-5-14(13)19-2/h6-10,13-14,16H,3-5,15H2,1-2H3. The van der Waals surface area contributed by atoms with Gasteiger partial charge >= 0.3 is 0 Å². The number of sulfonamides is 1. The molecular weight excluding hydrogens is 292 g/mol. The van der Waals surface area contributed by atoms with E-state index in [1.165, 1.54) is 0 Å². The largest absolute Gasteiger partial charge is 0.324 e. The molecular formula is C14H22N2O2S2. The van der Waals surface area contributed by atoms with Crippen LogP contribution in [0.5, 0.6) is 0 Å². The first-order valence-electron chi connectivity index (χ1n) is 6.84. The summed E-state index contributed by atoms with van der Waals surface area (Å²) in [7, 11) is -3.43. The zero-order valence-corrected chi connectivity index (χ0v) is 13.5. The molecule has 2 rings (SSSR count). The third-order valence-corrected chi connectivity index (χ3v) is 6.45. The molecule has 3 N–H and O–H groups in total. The van der Waals surface area contributed by atoms with Crippen molar-refractivity contribution >= 4 is 21.8 Å². The van der Waals surface area contributed by atoms with E-state index in [1.54, 1.807) is 36.0 Å². The number of hydrogen-bond donors (Lipinski definition) is 2. The minimum absolute atomic E-state index is 0.0445. The number of thioether (sulfide) groups is 1. The van der Waals surface area contributed by atoms with Crippen molar-refractivity contribution in [3.8, 4) is 0 Å². The normalized spacial score (nSPS) is 24.8. The molecule has 0 aromatic heterocycles. The SMILES string of the molecule is CSC1CCCC1NS(=O)(=O)c1ccc(C(C)N)cc1. The zero-order chi connectivity index (χ0) is 14.8. The smallest absolute Gasteiger partial charge is 0.240 e. The van der Waals surface area contributed by atoms with Crippen LogP contribution in [0.2, 0.25) is 0 Å². The van der Waals surface area contributed by atoms with Gasteiger partial charge in [0.2, 0.25) is 10.0 Å². The quantitative estimate of drug-likeness (QED) is 0.874. The lowest BCUT2D eigenvalue weighted by Gasteiger charge is -2.19. The molecule has 112 valence electrons. The maximum absolute atomic E-state index is 12.4. The molecule has 1 aromatic carbocycles. The molecule has 4 nitrogen and oxygen atoms in total. The predicted molar refractivity (Wildman–Crippen MR) is 84.3 cm³/mol. The average Bonchev–Trinajstić information content (AvgIpc) is 2.85. The van der Waals surface area contributed by atoms with Crippen LogP contribution < -0.4 is 10.5 Å². The molecule has 0 radical (unpaired) electrons. The molecule has 1 aliphatic carbocycles. The topological polar surface area (TPSA) is 72.2 Å². The summed E-state index contributed by atoms with van der Waals surface area (Å²) in [5.74, 6) is 0. The molecule has 0 aliphatic heterocycles. The van der Waals surface area contributed by atoms with Crippen molar-refractivity contribution in [3.63, 3.8) is 0 Å². The van der Waals surface area contributed by atoms with Crippen LogP contribution in [0, 0.1) is 0 Å². The number of hydrogen-bond acceptors (Lipinski definition) is 4. The molecule has 3 atom stereocenters. The lowest BCUT2D eigenvalue weighted by Crippen LogP contribution is -2.38. The second kappa shape index (κ2) is 6.47. The van der Waals surface area contributed by atoms with Gasteiger partial charge in [0.25, 0.3) is 0 Å². The summed E-state index contributed by atoms with van der Waals surface area (Å²) >= 11 is 1.74. The molecule has 1 saturated carbocycles. The van der Waals surface area contributed by atoms with Gasteiger partial charge < -0.3 is 5.73 Å². The van der Waals surface area contributed by atoms with Gasteiger partial charge in [-0.25, -0.2) is 13.1 Å². The van der Waals surface area contributed by atoms with Crippen LogP contribution in [0.4, 0.5) is 0 Å². The van der Waals surface area contributed by atoms with Gasteiger partial charge in [-0.15, -0.1) is 0 Å². The highest BCUT2D eigenvalue weighted by Gasteiger charge is 2.30. The van der Waals surface area contributed by atoms with Gasteiger partial charge in [0.05, 0.1) is 4.90 Å². The van der Waals surface area contributed by atoms with Crippen molar-refractivity contribution in [2.24, 2.45) is 5.73 Å². The van der Waals surface area contributed by atoms with Gasteiger partial charge in [0, 0.05) is 17.3 Å². The van der Waals surface area contributed by atoms with Crippen LogP contribution in [-0.4, -0.2) is 26.0 Å². The van der Waals surface area contributed by atoms with Crippen molar-refractivity contribution in [2.75, 3.05) is 6.26 Å². The van der Waals surface area contributed by atoms with Gasteiger partial charge in [-0.05, 0) is 43.7 Å². The first-order chi connectivity index (χ1) is 9.44. The van der Waals surface area contributed by atoms with Gasteiger partial charge in [-0.3, -0.25) is 0 Å². The highest BCUT2D eigenvalue weighted by molar-refractivity contribution is 7.99. The third-order valence-electron chi connectivity index (χ3n) is 3.78. The van der Waals surface area contributed by atoms with E-state index in [2.05, 4.69) is 4.72 Å². The summed E-state index contributed by atoms with van der Waals surface area (Å²) in [6.45, 7) is 1.88. The highest BCUT2D eigenvalue weighted by atomic mass is 32.2. The van der Waals surface area contributed by atoms with Crippen LogP contribution in [0.3, 0.4) is 0 Å². The fourth-order valence-corrected chi connectivity index (χ4v) is 4.89. The van der Waals surface area contributed by atoms with Gasteiger partial charge in [0.1, 0.15) is 0 Å². The highest BCUT2D eigenvalue weighted by Crippen LogP contribution is 2.29. The Labute approximate surface area is 125 Å². The molecule has 6 heteroatoms. The number of rotatable bonds is 5. The fraction of sp³-hybridized carbons (Fsp3) is 0.571. The van der Waals surface area contributed by atoms with Crippen LogP contribution in [-0.2, 0) is 10.0 Å². The summed E-state index contributed by atoms with van der Waals surface area (Å²) in [5, 5.41) is 0.383. The summed E-state index contributed by atoms with van der Waals surface area (Å²) in [4.78, 5) is 0.314. The van der Waals surface area contributed by atoms with E-state index in [-0.39, 0.29) is 12.1 Å². The van der Waals surface area contributed by atoms with E-state index in [4.69, 9.17) is 5.73 Å². The van der Waals surface area contributed by atoms with Crippen LogP contribution in [0.25, 0.3) is 0 Å². The average molecular weight is 314 g/mol. The van der Waals surface area contributed by atoms with Crippen molar-refractivity contribution in [1.29, 1.82) is 0 Å². The first kappa shape index (κ1) is 15.8. The van der Waals surface area contributed by atoms with Crippen molar-refractivity contribution in [2.45, 2.75) is 48.4 Å². The molecule has 0 heterocycles. The maximum Gasteiger partial charge on any atom is 0.240 e. The number of nitrogens with one attached hydrogen (secondary N) is 1. The Morgan fingerprint density at radius 3 is 2.50 bits per heavy atom. The van der Waals surface area contributed by atoms with E-state index in [0.717, 1.165) is 24.8 Å². The number of nitrogens with two attached hydrogens (primary N) is 1. The minimum Gasteiger partial charge on any atom is -0.324 e. The Hall–Kier alpha value is -0.560. The first-order valence-corrected chi connectivity index (χ1v) is 9.62. The Kier molecular flexibility index (Phi) is 5.12. The van der Waals surface area contributed by atoms with Gasteiger partial charge in [-0.2, -0.15) is 11.8 Å². The molecule has 1 aliphatic rings. The van der Waals surface area contributed by atoms with Crippen molar-refractivity contribution in [1.82, 2.24) is 4.72 Å². The van der Waals surface area contributed by atoms with E-state index in [9.17, 15) is 8.42 Å². The second-order valence-electron chi connectivity index (χ2n) is 5.29. The summed E-state index contributed by atoms with van der Waals surface area (Å²) in [5.41, 5.74) is 6.71. The van der Waals surface area contributed by atoms with Crippen LogP contribution >= 0.6 is 11.8 Å². The number of benzene rings is 1. The Bertz CT molecular complexity index is 541. The van der Waals surface area contributed by atoms with E-state index >= 15 is 0 Å². The van der Waals surface area contributed by atoms with Crippen LogP contribution in [0.15, 0.2) is 29.2 Å². The summed E-state index contributed by atoms with van der Waals surface area (Å²) in [6.07, 6.45) is 5.12. The fourth-order valence-electron chi connectivity index (χ4n) is 2.56. The molecule has 0 saturated heterocycles. The summed E-state index contributed by atoms with van der Waals surface area (Å²) in [6, 6.07) is 6.77. The van der Waals surface area contributed by atoms with Crippen molar-refractivity contribution in [3.05, 3.63) is 29.8 Å². The second-order valence-corrected chi connectivity index (χ2v) is 8.08. The molecule has 3 unspecified atom stereocenters. The molecule has 0 bridgehead atoms. The Balaban J connectivity index is 2.13. The third kappa shape index (κ3) is 3.55. The Morgan fingerprint density at radius 1 is 1.30 bits per heavy atom. The molecule has 1 fully saturated rings. The minimum atomic E-state index is -3.43. The van der Waals surface area contributed by atoms with Crippen molar-refractivity contribution < 1.29 is 8.42 Å². The van der Waals surface area contributed by atoms with E-state index in [0.29, 0.717) is 10.1 Å². The molecule has 0 spiro atoms. The van der Waals surface area contributed by atoms with Gasteiger partial charge in [-0.1, -0.05) is 18.6 Å². The Morgan fingerprint density at radius 2 is 1.95 bits per heavy atom. The van der Waals surface area contributed by atoms with E-state index in [1.807, 2.05) is 13.2 Å². The van der Waals surface area contributed by atoms with E-state index < -0.39 is 10.0 Å². The molecule has 0 amide bonds. The molecule has 20 heavy (non-hydrogen) atoms. The lowest BCUT2D eigenvalue weighted by molar-refractivity contribution is 0.555. The zero-order valence-electron chi connectivity index (χ0n) is 11.9. The molecule has 1 aromatic rings. The van der Waals surface area contributed by atoms with Crippen LogP contribution in [0.1, 0.15) is 37.8 Å².